The van der Waals surface area contributed by atoms with Crippen molar-refractivity contribution in [1.82, 2.24) is 14.9 Å². The van der Waals surface area contributed by atoms with Gasteiger partial charge in [-0.05, 0) is 12.8 Å². The largest absolute Gasteiger partial charge is 0.490 e. The summed E-state index contributed by atoms with van der Waals surface area (Å²) in [5, 5.41) is 3.07. The zero-order valence-corrected chi connectivity index (χ0v) is 13.0. The summed E-state index contributed by atoms with van der Waals surface area (Å²) < 4.78 is 5.50. The lowest BCUT2D eigenvalue weighted by molar-refractivity contribution is 0.187. The summed E-state index contributed by atoms with van der Waals surface area (Å²) in [5.41, 5.74) is 0. The third-order valence-electron chi connectivity index (χ3n) is 4.68. The van der Waals surface area contributed by atoms with Crippen LogP contribution in [0.3, 0.4) is 0 Å². The van der Waals surface area contributed by atoms with Crippen LogP contribution in [0.4, 0.5) is 11.6 Å². The van der Waals surface area contributed by atoms with Crippen molar-refractivity contribution in [2.45, 2.75) is 31.7 Å². The minimum Gasteiger partial charge on any atom is -0.490 e. The molecule has 1 aliphatic carbocycles. The highest BCUT2D eigenvalue weighted by Gasteiger charge is 2.28. The maximum Gasteiger partial charge on any atom is 0.204 e. The molecule has 0 aromatic carbocycles. The van der Waals surface area contributed by atoms with Gasteiger partial charge in [0.2, 0.25) is 5.75 Å². The molecule has 0 bridgehead atoms. The monoisotopic (exact) mass is 291 g/mol. The van der Waals surface area contributed by atoms with Crippen LogP contribution in [0, 0.1) is 0 Å². The molecule has 2 heterocycles. The minimum atomic E-state index is 0.745. The fourth-order valence-electron chi connectivity index (χ4n) is 3.52. The Balaban J connectivity index is 1.69. The highest BCUT2D eigenvalue weighted by Crippen LogP contribution is 2.33. The Bertz CT molecular complexity index is 467. The molecule has 1 saturated carbocycles. The second-order valence-corrected chi connectivity index (χ2v) is 5.79. The Kier molecular flexibility index (Phi) is 4.43. The summed E-state index contributed by atoms with van der Waals surface area (Å²) in [6.07, 6.45) is 7.15. The number of rotatable bonds is 4. The van der Waals surface area contributed by atoms with E-state index in [0.29, 0.717) is 0 Å². The van der Waals surface area contributed by atoms with Gasteiger partial charge >= 0.3 is 0 Å². The van der Waals surface area contributed by atoms with Crippen molar-refractivity contribution in [1.29, 1.82) is 0 Å². The van der Waals surface area contributed by atoms with Gasteiger partial charge in [-0.2, -0.15) is 0 Å². The quantitative estimate of drug-likeness (QED) is 0.909. The molecule has 0 radical (unpaired) electrons. The fourth-order valence-corrected chi connectivity index (χ4v) is 3.52. The smallest absolute Gasteiger partial charge is 0.204 e. The summed E-state index contributed by atoms with van der Waals surface area (Å²) in [6.45, 7) is 4.25. The van der Waals surface area contributed by atoms with Crippen molar-refractivity contribution in [2.75, 3.05) is 50.6 Å². The Morgan fingerprint density at radius 1 is 1.14 bits per heavy atom. The van der Waals surface area contributed by atoms with Gasteiger partial charge in [0.1, 0.15) is 6.33 Å². The molecule has 2 aliphatic rings. The molecule has 0 amide bonds. The number of anilines is 2. The molecular weight excluding hydrogens is 266 g/mol. The van der Waals surface area contributed by atoms with Crippen LogP contribution in [-0.2, 0) is 0 Å². The van der Waals surface area contributed by atoms with Gasteiger partial charge in [0.25, 0.3) is 0 Å². The van der Waals surface area contributed by atoms with E-state index >= 15 is 0 Å². The number of nitrogens with one attached hydrogen (secondary N) is 1. The third-order valence-corrected chi connectivity index (χ3v) is 4.68. The molecule has 0 spiro atoms. The Morgan fingerprint density at radius 2 is 1.86 bits per heavy atom. The van der Waals surface area contributed by atoms with Crippen molar-refractivity contribution in [3.63, 3.8) is 0 Å². The van der Waals surface area contributed by atoms with E-state index in [4.69, 9.17) is 4.74 Å². The first kappa shape index (κ1) is 14.4. The summed E-state index contributed by atoms with van der Waals surface area (Å²) in [7, 11) is 3.53. The van der Waals surface area contributed by atoms with Crippen molar-refractivity contribution in [3.8, 4) is 5.75 Å². The first-order chi connectivity index (χ1) is 10.3. The van der Waals surface area contributed by atoms with Crippen LogP contribution in [0.25, 0.3) is 0 Å². The lowest BCUT2D eigenvalue weighted by Gasteiger charge is -2.38. The van der Waals surface area contributed by atoms with E-state index < -0.39 is 0 Å². The van der Waals surface area contributed by atoms with E-state index in [1.54, 1.807) is 13.4 Å². The number of nitrogens with zero attached hydrogens (tertiary/aromatic N) is 4. The third kappa shape index (κ3) is 2.90. The van der Waals surface area contributed by atoms with Gasteiger partial charge in [-0.1, -0.05) is 12.8 Å². The van der Waals surface area contributed by atoms with E-state index in [2.05, 4.69) is 25.1 Å². The predicted molar refractivity (Wildman–Crippen MR) is 84.2 cm³/mol. The van der Waals surface area contributed by atoms with Gasteiger partial charge in [-0.15, -0.1) is 0 Å². The second-order valence-electron chi connectivity index (χ2n) is 5.79. The molecule has 3 rings (SSSR count). The molecule has 2 fully saturated rings. The zero-order chi connectivity index (χ0) is 14.7. The maximum absolute atomic E-state index is 5.50. The SMILES string of the molecule is CNc1ncnc(N2CCN(C3CCCC3)CC2)c1OC. The topological polar surface area (TPSA) is 53.5 Å². The standard InChI is InChI=1S/C15H25N5O/c1-16-14-13(21-2)15(18-11-17-14)20-9-7-19(8-10-20)12-5-3-4-6-12/h11-12H,3-10H2,1-2H3,(H,16,17,18). The summed E-state index contributed by atoms with van der Waals surface area (Å²) in [5.74, 6) is 2.40. The van der Waals surface area contributed by atoms with Crippen molar-refractivity contribution >= 4 is 11.6 Å². The van der Waals surface area contributed by atoms with E-state index in [1.807, 2.05) is 7.05 Å². The average molecular weight is 291 g/mol. The highest BCUT2D eigenvalue weighted by molar-refractivity contribution is 5.64. The summed E-state index contributed by atoms with van der Waals surface area (Å²) >= 11 is 0. The number of hydrogen-bond donors (Lipinski definition) is 1. The first-order valence-corrected chi connectivity index (χ1v) is 7.89. The Morgan fingerprint density at radius 3 is 2.48 bits per heavy atom. The second kappa shape index (κ2) is 6.47. The van der Waals surface area contributed by atoms with E-state index in [-0.39, 0.29) is 0 Å². The number of piperazine rings is 1. The highest BCUT2D eigenvalue weighted by atomic mass is 16.5. The number of aromatic nitrogens is 2. The molecule has 1 aliphatic heterocycles. The van der Waals surface area contributed by atoms with Crippen molar-refractivity contribution < 1.29 is 4.74 Å². The predicted octanol–water partition coefficient (Wildman–Crippen LogP) is 1.59. The van der Waals surface area contributed by atoms with Gasteiger partial charge in [0.15, 0.2) is 11.6 Å². The van der Waals surface area contributed by atoms with Crippen LogP contribution in [0.5, 0.6) is 5.75 Å². The maximum atomic E-state index is 5.50. The summed E-state index contributed by atoms with van der Waals surface area (Å²) in [4.78, 5) is 13.6. The van der Waals surface area contributed by atoms with E-state index in [9.17, 15) is 0 Å². The Labute approximate surface area is 126 Å². The first-order valence-electron chi connectivity index (χ1n) is 7.89. The van der Waals surface area contributed by atoms with Crippen molar-refractivity contribution in [2.24, 2.45) is 0 Å². The van der Waals surface area contributed by atoms with E-state index in [0.717, 1.165) is 49.6 Å². The fraction of sp³-hybridized carbons (Fsp3) is 0.733. The molecule has 6 heteroatoms. The number of hydrogen-bond acceptors (Lipinski definition) is 6. The van der Waals surface area contributed by atoms with Gasteiger partial charge in [0.05, 0.1) is 7.11 Å². The van der Waals surface area contributed by atoms with Gasteiger partial charge in [-0.25, -0.2) is 9.97 Å². The van der Waals surface area contributed by atoms with Gasteiger partial charge < -0.3 is 15.0 Å². The molecule has 1 aromatic heterocycles. The number of methoxy groups -OCH3 is 1. The lowest BCUT2D eigenvalue weighted by Crippen LogP contribution is -2.50. The van der Waals surface area contributed by atoms with E-state index in [1.165, 1.54) is 25.7 Å². The summed E-state index contributed by atoms with van der Waals surface area (Å²) in [6, 6.07) is 0.812. The molecule has 1 aromatic rings. The molecule has 1 saturated heterocycles. The molecule has 21 heavy (non-hydrogen) atoms. The molecule has 0 atom stereocenters. The van der Waals surface area contributed by atoms with Crippen LogP contribution < -0.4 is 15.0 Å². The molecular formula is C15H25N5O. The molecule has 1 N–H and O–H groups in total. The van der Waals surface area contributed by atoms with Gasteiger partial charge in [-0.3, -0.25) is 4.90 Å². The van der Waals surface area contributed by atoms with Crippen LogP contribution in [0.1, 0.15) is 25.7 Å². The van der Waals surface area contributed by atoms with Crippen LogP contribution in [-0.4, -0.2) is 61.2 Å². The van der Waals surface area contributed by atoms with Crippen LogP contribution >= 0.6 is 0 Å². The van der Waals surface area contributed by atoms with Crippen molar-refractivity contribution in [3.05, 3.63) is 6.33 Å². The molecule has 116 valence electrons. The lowest BCUT2D eigenvalue weighted by atomic mass is 10.2. The average Bonchev–Trinajstić information content (AvgIpc) is 3.08. The molecule has 0 unspecified atom stereocenters. The van der Waals surface area contributed by atoms with Crippen LogP contribution in [0.2, 0.25) is 0 Å². The number of ether oxygens (including phenoxy) is 1. The van der Waals surface area contributed by atoms with Gasteiger partial charge in [0, 0.05) is 39.3 Å². The normalized spacial score (nSPS) is 20.8. The zero-order valence-electron chi connectivity index (χ0n) is 13.0. The molecule has 6 nitrogen and oxygen atoms in total. The Hall–Kier alpha value is -1.56. The minimum absolute atomic E-state index is 0.745. The van der Waals surface area contributed by atoms with Crippen LogP contribution in [0.15, 0.2) is 6.33 Å².